The van der Waals surface area contributed by atoms with Crippen molar-refractivity contribution < 1.29 is 19.4 Å². The van der Waals surface area contributed by atoms with Crippen LogP contribution in [0.2, 0.25) is 0 Å². The van der Waals surface area contributed by atoms with Gasteiger partial charge >= 0.3 is 5.97 Å². The summed E-state index contributed by atoms with van der Waals surface area (Å²) in [5.74, 6) is -0.977. The first kappa shape index (κ1) is 17.0. The van der Waals surface area contributed by atoms with Gasteiger partial charge in [0.25, 0.3) is 0 Å². The van der Waals surface area contributed by atoms with Gasteiger partial charge < -0.3 is 15.2 Å². The van der Waals surface area contributed by atoms with Crippen molar-refractivity contribution in [3.05, 3.63) is 34.3 Å². The molecule has 0 saturated carbocycles. The van der Waals surface area contributed by atoms with Crippen LogP contribution in [0.15, 0.2) is 28.7 Å². The molecule has 6 heteroatoms. The molecular formula is C16H20BrNO4. The Labute approximate surface area is 138 Å². The van der Waals surface area contributed by atoms with Gasteiger partial charge in [0.2, 0.25) is 5.91 Å². The van der Waals surface area contributed by atoms with E-state index in [-0.39, 0.29) is 12.5 Å². The molecule has 1 fully saturated rings. The highest BCUT2D eigenvalue weighted by atomic mass is 79.9. The average Bonchev–Trinajstić information content (AvgIpc) is 2.52. The molecule has 1 aliphatic heterocycles. The summed E-state index contributed by atoms with van der Waals surface area (Å²) in [7, 11) is 0. The quantitative estimate of drug-likeness (QED) is 0.806. The van der Waals surface area contributed by atoms with Gasteiger partial charge in [0.05, 0.1) is 5.41 Å². The minimum absolute atomic E-state index is 0.118. The number of aryl methyl sites for hydroxylation is 1. The Balaban J connectivity index is 1.82. The maximum Gasteiger partial charge on any atom is 0.311 e. The third-order valence-electron chi connectivity index (χ3n) is 4.06. The van der Waals surface area contributed by atoms with Gasteiger partial charge in [0.15, 0.2) is 0 Å². The van der Waals surface area contributed by atoms with Crippen LogP contribution in [0.4, 0.5) is 0 Å². The monoisotopic (exact) mass is 369 g/mol. The van der Waals surface area contributed by atoms with Crippen LogP contribution in [-0.4, -0.2) is 36.7 Å². The van der Waals surface area contributed by atoms with Crippen LogP contribution >= 0.6 is 15.9 Å². The number of benzene rings is 1. The highest BCUT2D eigenvalue weighted by Crippen LogP contribution is 2.30. The maximum atomic E-state index is 12.0. The lowest BCUT2D eigenvalue weighted by atomic mass is 9.80. The number of nitrogens with one attached hydrogen (secondary N) is 1. The molecule has 0 aliphatic carbocycles. The molecule has 2 rings (SSSR count). The van der Waals surface area contributed by atoms with Crippen molar-refractivity contribution in [1.29, 1.82) is 0 Å². The van der Waals surface area contributed by atoms with E-state index in [1.54, 1.807) is 0 Å². The van der Waals surface area contributed by atoms with Crippen LogP contribution in [0.25, 0.3) is 0 Å². The molecule has 0 aromatic heterocycles. The predicted molar refractivity (Wildman–Crippen MR) is 85.6 cm³/mol. The van der Waals surface area contributed by atoms with Crippen LogP contribution in [0.3, 0.4) is 0 Å². The second-order valence-electron chi connectivity index (χ2n) is 5.60. The summed E-state index contributed by atoms with van der Waals surface area (Å²) in [6.45, 7) is 1.03. The molecule has 120 valence electrons. The van der Waals surface area contributed by atoms with Crippen molar-refractivity contribution in [3.8, 4) is 0 Å². The van der Waals surface area contributed by atoms with Crippen LogP contribution in [0.5, 0.6) is 0 Å². The second kappa shape index (κ2) is 7.74. The molecule has 1 aliphatic rings. The van der Waals surface area contributed by atoms with E-state index in [0.717, 1.165) is 10.0 Å². The largest absolute Gasteiger partial charge is 0.481 e. The SMILES string of the molecule is O=C(CCc1cccc(Br)c1)NCC1(C(=O)O)CCOCC1. The zero-order valence-corrected chi connectivity index (χ0v) is 13.9. The molecule has 1 aromatic rings. The molecule has 1 heterocycles. The van der Waals surface area contributed by atoms with E-state index < -0.39 is 11.4 Å². The van der Waals surface area contributed by atoms with Gasteiger partial charge in [0, 0.05) is 30.7 Å². The fourth-order valence-electron chi connectivity index (χ4n) is 2.53. The molecule has 0 bridgehead atoms. The number of ether oxygens (including phenoxy) is 1. The third-order valence-corrected chi connectivity index (χ3v) is 4.55. The molecule has 2 N–H and O–H groups in total. The first-order valence-electron chi connectivity index (χ1n) is 7.34. The van der Waals surface area contributed by atoms with Gasteiger partial charge in [-0.05, 0) is 37.0 Å². The van der Waals surface area contributed by atoms with E-state index in [1.807, 2.05) is 24.3 Å². The minimum Gasteiger partial charge on any atom is -0.481 e. The van der Waals surface area contributed by atoms with Crippen molar-refractivity contribution in [2.75, 3.05) is 19.8 Å². The van der Waals surface area contributed by atoms with Crippen LogP contribution in [-0.2, 0) is 20.7 Å². The normalized spacial score (nSPS) is 17.0. The molecule has 1 saturated heterocycles. The van der Waals surface area contributed by atoms with E-state index in [9.17, 15) is 14.7 Å². The van der Waals surface area contributed by atoms with Crippen LogP contribution < -0.4 is 5.32 Å². The van der Waals surface area contributed by atoms with E-state index in [0.29, 0.717) is 38.9 Å². The summed E-state index contributed by atoms with van der Waals surface area (Å²) in [6, 6.07) is 7.81. The highest BCUT2D eigenvalue weighted by molar-refractivity contribution is 9.10. The molecule has 1 aromatic carbocycles. The van der Waals surface area contributed by atoms with Gasteiger partial charge in [-0.25, -0.2) is 0 Å². The van der Waals surface area contributed by atoms with Crippen LogP contribution in [0.1, 0.15) is 24.8 Å². The summed E-state index contributed by atoms with van der Waals surface area (Å²) >= 11 is 3.40. The summed E-state index contributed by atoms with van der Waals surface area (Å²) in [6.07, 6.45) is 1.86. The minimum atomic E-state index is -0.885. The van der Waals surface area contributed by atoms with Crippen molar-refractivity contribution in [3.63, 3.8) is 0 Å². The van der Waals surface area contributed by atoms with Gasteiger partial charge in [-0.15, -0.1) is 0 Å². The third kappa shape index (κ3) is 4.55. The second-order valence-corrected chi connectivity index (χ2v) is 6.52. The molecule has 1 amide bonds. The Morgan fingerprint density at radius 3 is 2.68 bits per heavy atom. The van der Waals surface area contributed by atoms with Crippen LogP contribution in [0, 0.1) is 5.41 Å². The summed E-state index contributed by atoms with van der Waals surface area (Å²) < 4.78 is 6.20. The number of aliphatic carboxylic acids is 1. The number of hydrogen-bond acceptors (Lipinski definition) is 3. The number of hydrogen-bond donors (Lipinski definition) is 2. The Hall–Kier alpha value is -1.40. The molecule has 0 spiro atoms. The van der Waals surface area contributed by atoms with Gasteiger partial charge in [0.1, 0.15) is 0 Å². The van der Waals surface area contributed by atoms with E-state index in [1.165, 1.54) is 0 Å². The van der Waals surface area contributed by atoms with Gasteiger partial charge in [-0.1, -0.05) is 28.1 Å². The van der Waals surface area contributed by atoms with Crippen molar-refractivity contribution in [2.45, 2.75) is 25.7 Å². The fraction of sp³-hybridized carbons (Fsp3) is 0.500. The van der Waals surface area contributed by atoms with E-state index in [2.05, 4.69) is 21.2 Å². The molecule has 0 unspecified atom stereocenters. The van der Waals surface area contributed by atoms with E-state index >= 15 is 0 Å². The fourth-order valence-corrected chi connectivity index (χ4v) is 2.98. The van der Waals surface area contributed by atoms with Gasteiger partial charge in [-0.3, -0.25) is 9.59 Å². The summed E-state index contributed by atoms with van der Waals surface area (Å²) in [5, 5.41) is 12.2. The van der Waals surface area contributed by atoms with Crippen molar-refractivity contribution >= 4 is 27.8 Å². The smallest absolute Gasteiger partial charge is 0.311 e. The number of carboxylic acids is 1. The lowest BCUT2D eigenvalue weighted by Gasteiger charge is -2.33. The Kier molecular flexibility index (Phi) is 5.97. The number of halogens is 1. The number of carbonyl (C=O) groups excluding carboxylic acids is 1. The Morgan fingerprint density at radius 2 is 2.05 bits per heavy atom. The maximum absolute atomic E-state index is 12.0. The first-order chi connectivity index (χ1) is 10.5. The summed E-state index contributed by atoms with van der Waals surface area (Å²) in [4.78, 5) is 23.5. The Morgan fingerprint density at radius 1 is 1.32 bits per heavy atom. The summed E-state index contributed by atoms with van der Waals surface area (Å²) in [5.41, 5.74) is 0.187. The van der Waals surface area contributed by atoms with E-state index in [4.69, 9.17) is 4.74 Å². The average molecular weight is 370 g/mol. The molecular weight excluding hydrogens is 350 g/mol. The molecule has 22 heavy (non-hydrogen) atoms. The van der Waals surface area contributed by atoms with Crippen molar-refractivity contribution in [1.82, 2.24) is 5.32 Å². The molecule has 0 atom stereocenters. The Bertz CT molecular complexity index is 541. The molecule has 5 nitrogen and oxygen atoms in total. The lowest BCUT2D eigenvalue weighted by Crippen LogP contribution is -2.46. The predicted octanol–water partition coefficient (Wildman–Crippen LogP) is 2.38. The first-order valence-corrected chi connectivity index (χ1v) is 8.13. The van der Waals surface area contributed by atoms with Gasteiger partial charge in [-0.2, -0.15) is 0 Å². The number of carbonyl (C=O) groups is 2. The topological polar surface area (TPSA) is 75.6 Å². The highest BCUT2D eigenvalue weighted by Gasteiger charge is 2.40. The standard InChI is InChI=1S/C16H20BrNO4/c17-13-3-1-2-12(10-13)4-5-14(19)18-11-16(15(20)21)6-8-22-9-7-16/h1-3,10H,4-9,11H2,(H,18,19)(H,20,21). The number of carboxylic acid groups (broad SMARTS) is 1. The van der Waals surface area contributed by atoms with Crippen molar-refractivity contribution in [2.24, 2.45) is 5.41 Å². The molecule has 0 radical (unpaired) electrons. The lowest BCUT2D eigenvalue weighted by molar-refractivity contribution is -0.154. The number of amides is 1. The zero-order valence-electron chi connectivity index (χ0n) is 12.3. The zero-order chi connectivity index (χ0) is 16.0. The number of rotatable bonds is 6.